The molecule has 0 saturated carbocycles. The van der Waals surface area contributed by atoms with Crippen LogP contribution in [0.25, 0.3) is 22.1 Å². The minimum absolute atomic E-state index is 0.220. The number of likely N-dealkylation sites (tertiary alicyclic amines) is 1. The van der Waals surface area contributed by atoms with Gasteiger partial charge < -0.3 is 4.52 Å². The summed E-state index contributed by atoms with van der Waals surface area (Å²) in [6.07, 6.45) is 1.88. The second-order valence-corrected chi connectivity index (χ2v) is 10.8. The predicted octanol–water partition coefficient (Wildman–Crippen LogP) is 6.81. The van der Waals surface area contributed by atoms with Gasteiger partial charge in [0.2, 0.25) is 0 Å². The van der Waals surface area contributed by atoms with E-state index < -0.39 is 0 Å². The lowest BCUT2D eigenvalue weighted by atomic mass is 9.90. The molecule has 1 aromatic heterocycles. The highest BCUT2D eigenvalue weighted by molar-refractivity contribution is 6.21. The number of piperidine rings is 1. The van der Waals surface area contributed by atoms with Crippen LogP contribution in [0.2, 0.25) is 0 Å². The van der Waals surface area contributed by atoms with Gasteiger partial charge in [-0.25, -0.2) is 4.39 Å². The summed E-state index contributed by atoms with van der Waals surface area (Å²) in [5, 5.41) is 5.18. The lowest BCUT2D eigenvalue weighted by molar-refractivity contribution is 0.0642. The maximum atomic E-state index is 13.6. The Labute approximate surface area is 237 Å². The van der Waals surface area contributed by atoms with Gasteiger partial charge in [0.05, 0.1) is 23.4 Å². The summed E-state index contributed by atoms with van der Waals surface area (Å²) < 4.78 is 19.0. The van der Waals surface area contributed by atoms with Crippen molar-refractivity contribution in [3.63, 3.8) is 0 Å². The number of hydrogen-bond donors (Lipinski definition) is 0. The molecule has 1 fully saturated rings. The topological polar surface area (TPSA) is 66.7 Å². The van der Waals surface area contributed by atoms with Crippen molar-refractivity contribution in [1.82, 2.24) is 15.0 Å². The first-order valence-corrected chi connectivity index (χ1v) is 14.0. The molecule has 0 N–H and O–H groups in total. The number of aromatic nitrogens is 1. The van der Waals surface area contributed by atoms with E-state index in [4.69, 9.17) is 4.52 Å². The van der Waals surface area contributed by atoms with Crippen molar-refractivity contribution in [2.45, 2.75) is 31.8 Å². The van der Waals surface area contributed by atoms with Gasteiger partial charge in [-0.2, -0.15) is 0 Å². The summed E-state index contributed by atoms with van der Waals surface area (Å²) in [4.78, 5) is 29.9. The molecule has 0 bridgehead atoms. The molecular weight excluding hydrogens is 517 g/mol. The quantitative estimate of drug-likeness (QED) is 0.219. The van der Waals surface area contributed by atoms with Crippen molar-refractivity contribution in [3.05, 3.63) is 125 Å². The Balaban J connectivity index is 1.09. The van der Waals surface area contributed by atoms with Gasteiger partial charge in [0.15, 0.2) is 5.58 Å². The summed E-state index contributed by atoms with van der Waals surface area (Å²) in [5.41, 5.74) is 6.60. The molecular formula is C34H28FN3O3. The largest absolute Gasteiger partial charge is 0.356 e. The monoisotopic (exact) mass is 545 g/mol. The smallest absolute Gasteiger partial charge is 0.261 e. The van der Waals surface area contributed by atoms with Gasteiger partial charge in [0, 0.05) is 23.9 Å². The molecule has 7 heteroatoms. The molecule has 2 amide bonds. The SMILES string of the molecule is O=C1c2ccccc2C(=O)N1Cc1ccccc1-c1ccccc1CN1CCC(c2noc3cc(F)ccc23)CC1. The molecule has 0 spiro atoms. The number of benzene rings is 4. The van der Waals surface area contributed by atoms with Gasteiger partial charge >= 0.3 is 0 Å². The summed E-state index contributed by atoms with van der Waals surface area (Å²) >= 11 is 0. The fraction of sp³-hybridized carbons (Fsp3) is 0.206. The zero-order valence-corrected chi connectivity index (χ0v) is 22.4. The third-order valence-corrected chi connectivity index (χ3v) is 8.36. The van der Waals surface area contributed by atoms with Crippen LogP contribution in [0, 0.1) is 5.82 Å². The molecule has 4 aromatic carbocycles. The maximum Gasteiger partial charge on any atom is 0.261 e. The van der Waals surface area contributed by atoms with Crippen LogP contribution in [-0.4, -0.2) is 39.9 Å². The number of imide groups is 1. The van der Waals surface area contributed by atoms with Crippen LogP contribution in [0.5, 0.6) is 0 Å². The second-order valence-electron chi connectivity index (χ2n) is 10.8. The number of rotatable bonds is 6. The maximum absolute atomic E-state index is 13.6. The number of halogens is 1. The number of carbonyl (C=O) groups is 2. The number of carbonyl (C=O) groups excluding carboxylic acids is 2. The third kappa shape index (κ3) is 4.62. The molecule has 2 aliphatic rings. The van der Waals surface area contributed by atoms with E-state index in [1.807, 2.05) is 24.3 Å². The van der Waals surface area contributed by atoms with E-state index in [9.17, 15) is 14.0 Å². The first-order chi connectivity index (χ1) is 20.1. The Bertz CT molecular complexity index is 1750. The van der Waals surface area contributed by atoms with E-state index in [0.717, 1.165) is 60.2 Å². The van der Waals surface area contributed by atoms with Gasteiger partial charge in [-0.05, 0) is 72.5 Å². The zero-order valence-electron chi connectivity index (χ0n) is 22.4. The normalized spacial score (nSPS) is 16.1. The first-order valence-electron chi connectivity index (χ1n) is 14.0. The number of nitrogens with zero attached hydrogens (tertiary/aromatic N) is 3. The van der Waals surface area contributed by atoms with E-state index in [0.29, 0.717) is 16.7 Å². The molecule has 2 aliphatic heterocycles. The average Bonchev–Trinajstić information content (AvgIpc) is 3.53. The standard InChI is InChI=1S/C34H28FN3O3/c35-25-13-14-30-31(19-25)41-36-32(30)22-15-17-37(18-16-22)20-23-7-1-3-9-26(23)27-10-4-2-8-24(27)21-38-33(39)28-11-5-6-12-29(28)34(38)40/h1-14,19,22H,15-18,20-21H2. The van der Waals surface area contributed by atoms with Gasteiger partial charge in [-0.15, -0.1) is 0 Å². The average molecular weight is 546 g/mol. The van der Waals surface area contributed by atoms with E-state index >= 15 is 0 Å². The van der Waals surface area contributed by atoms with Crippen molar-refractivity contribution in [1.29, 1.82) is 0 Å². The summed E-state index contributed by atoms with van der Waals surface area (Å²) in [5.74, 6) is -0.546. The third-order valence-electron chi connectivity index (χ3n) is 8.36. The Morgan fingerprint density at radius 2 is 1.29 bits per heavy atom. The second kappa shape index (κ2) is 10.4. The van der Waals surface area contributed by atoms with Crippen LogP contribution in [0.3, 0.4) is 0 Å². The Hall–Kier alpha value is -4.62. The van der Waals surface area contributed by atoms with Crippen molar-refractivity contribution < 1.29 is 18.5 Å². The first kappa shape index (κ1) is 25.4. The highest BCUT2D eigenvalue weighted by Crippen LogP contribution is 2.35. The summed E-state index contributed by atoms with van der Waals surface area (Å²) in [7, 11) is 0. The molecule has 3 heterocycles. The molecule has 7 rings (SSSR count). The van der Waals surface area contributed by atoms with Gasteiger partial charge in [-0.1, -0.05) is 65.8 Å². The van der Waals surface area contributed by atoms with Crippen LogP contribution in [0.15, 0.2) is 95.5 Å². The molecule has 0 radical (unpaired) electrons. The van der Waals surface area contributed by atoms with Crippen molar-refractivity contribution in [2.75, 3.05) is 13.1 Å². The van der Waals surface area contributed by atoms with Gasteiger partial charge in [0.25, 0.3) is 11.8 Å². The van der Waals surface area contributed by atoms with E-state index in [1.165, 1.54) is 22.6 Å². The molecule has 1 saturated heterocycles. The Morgan fingerprint density at radius 1 is 0.732 bits per heavy atom. The van der Waals surface area contributed by atoms with Crippen LogP contribution in [-0.2, 0) is 13.1 Å². The van der Waals surface area contributed by atoms with Crippen LogP contribution < -0.4 is 0 Å². The molecule has 41 heavy (non-hydrogen) atoms. The summed E-state index contributed by atoms with van der Waals surface area (Å²) in [6.45, 7) is 2.82. The minimum Gasteiger partial charge on any atom is -0.356 e. The Kier molecular flexibility index (Phi) is 6.44. The lowest BCUT2D eigenvalue weighted by Crippen LogP contribution is -2.32. The van der Waals surface area contributed by atoms with Gasteiger partial charge in [-0.3, -0.25) is 19.4 Å². The highest BCUT2D eigenvalue weighted by Gasteiger charge is 2.35. The van der Waals surface area contributed by atoms with Crippen molar-refractivity contribution in [3.8, 4) is 11.1 Å². The fourth-order valence-corrected chi connectivity index (χ4v) is 6.23. The van der Waals surface area contributed by atoms with E-state index in [1.54, 1.807) is 30.3 Å². The molecule has 5 aromatic rings. The number of hydrogen-bond acceptors (Lipinski definition) is 5. The zero-order chi connectivity index (χ0) is 27.9. The number of amides is 2. The summed E-state index contributed by atoms with van der Waals surface area (Å²) in [6, 6.07) is 28.0. The van der Waals surface area contributed by atoms with Crippen molar-refractivity contribution >= 4 is 22.8 Å². The predicted molar refractivity (Wildman–Crippen MR) is 154 cm³/mol. The number of fused-ring (bicyclic) bond motifs is 2. The fourth-order valence-electron chi connectivity index (χ4n) is 6.23. The lowest BCUT2D eigenvalue weighted by Gasteiger charge is -2.31. The highest BCUT2D eigenvalue weighted by atomic mass is 19.1. The molecule has 6 nitrogen and oxygen atoms in total. The molecule has 0 aliphatic carbocycles. The Morgan fingerprint density at radius 3 is 1.93 bits per heavy atom. The van der Waals surface area contributed by atoms with Crippen LogP contribution >= 0.6 is 0 Å². The van der Waals surface area contributed by atoms with E-state index in [-0.39, 0.29) is 30.1 Å². The van der Waals surface area contributed by atoms with Gasteiger partial charge in [0.1, 0.15) is 5.82 Å². The minimum atomic E-state index is -0.320. The van der Waals surface area contributed by atoms with E-state index in [2.05, 4.69) is 34.3 Å². The van der Waals surface area contributed by atoms with Crippen molar-refractivity contribution in [2.24, 2.45) is 0 Å². The molecule has 204 valence electrons. The van der Waals surface area contributed by atoms with Crippen LogP contribution in [0.1, 0.15) is 56.3 Å². The molecule has 0 atom stereocenters. The van der Waals surface area contributed by atoms with Crippen LogP contribution in [0.4, 0.5) is 4.39 Å². The molecule has 0 unspecified atom stereocenters.